The van der Waals surface area contributed by atoms with Crippen molar-refractivity contribution in [1.82, 2.24) is 4.98 Å². The van der Waals surface area contributed by atoms with Crippen LogP contribution >= 0.6 is 15.9 Å². The second-order valence-electron chi connectivity index (χ2n) is 4.25. The first-order valence-electron chi connectivity index (χ1n) is 5.69. The Bertz CT molecular complexity index is 557. The predicted molar refractivity (Wildman–Crippen MR) is 73.7 cm³/mol. The van der Waals surface area contributed by atoms with Crippen molar-refractivity contribution < 1.29 is 4.39 Å². The molecule has 1 aromatic carbocycles. The van der Waals surface area contributed by atoms with Crippen molar-refractivity contribution in [3.05, 3.63) is 63.6 Å². The van der Waals surface area contributed by atoms with Crippen LogP contribution in [0.4, 0.5) is 4.39 Å². The quantitative estimate of drug-likeness (QED) is 0.942. The van der Waals surface area contributed by atoms with Crippen LogP contribution in [0, 0.1) is 12.7 Å². The third kappa shape index (κ3) is 2.94. The van der Waals surface area contributed by atoms with Gasteiger partial charge in [0.05, 0.1) is 4.47 Å². The number of hydrogen-bond donors (Lipinski definition) is 1. The number of benzene rings is 1. The van der Waals surface area contributed by atoms with Gasteiger partial charge in [0.15, 0.2) is 0 Å². The summed E-state index contributed by atoms with van der Waals surface area (Å²) in [6.07, 6.45) is 2.33. The topological polar surface area (TPSA) is 38.9 Å². The summed E-state index contributed by atoms with van der Waals surface area (Å²) in [7, 11) is 0. The maximum Gasteiger partial charge on any atom is 0.137 e. The molecule has 94 valence electrons. The van der Waals surface area contributed by atoms with E-state index in [1.165, 1.54) is 6.07 Å². The third-order valence-corrected chi connectivity index (χ3v) is 3.71. The van der Waals surface area contributed by atoms with E-state index in [0.717, 1.165) is 16.8 Å². The number of pyridine rings is 1. The molecule has 4 heteroatoms. The van der Waals surface area contributed by atoms with Crippen LogP contribution in [0.15, 0.2) is 41.0 Å². The average molecular weight is 309 g/mol. The van der Waals surface area contributed by atoms with Crippen LogP contribution < -0.4 is 5.73 Å². The van der Waals surface area contributed by atoms with Gasteiger partial charge < -0.3 is 5.73 Å². The molecule has 0 fully saturated rings. The average Bonchev–Trinajstić information content (AvgIpc) is 2.35. The van der Waals surface area contributed by atoms with Gasteiger partial charge in [-0.15, -0.1) is 0 Å². The van der Waals surface area contributed by atoms with Crippen LogP contribution in [0.25, 0.3) is 0 Å². The summed E-state index contributed by atoms with van der Waals surface area (Å²) in [5.41, 5.74) is 8.96. The Morgan fingerprint density at radius 3 is 2.89 bits per heavy atom. The maximum atomic E-state index is 13.4. The molecule has 2 aromatic rings. The van der Waals surface area contributed by atoms with Crippen molar-refractivity contribution >= 4 is 15.9 Å². The summed E-state index contributed by atoms with van der Waals surface area (Å²) in [6.45, 7) is 1.92. The number of aromatic nitrogens is 1. The molecule has 1 unspecified atom stereocenters. The van der Waals surface area contributed by atoms with E-state index in [1.807, 2.05) is 25.1 Å². The standard InChI is InChI=1S/C14H14BrFN2/c1-9-7-10(5-6-18-9)13(17)8-11-3-2-4-12(16)14(11)15/h2-7,13H,8,17H2,1H3. The highest BCUT2D eigenvalue weighted by atomic mass is 79.9. The van der Waals surface area contributed by atoms with Crippen LogP contribution in [0.1, 0.15) is 22.9 Å². The molecule has 18 heavy (non-hydrogen) atoms. The van der Waals surface area contributed by atoms with Crippen molar-refractivity contribution in [3.8, 4) is 0 Å². The Balaban J connectivity index is 2.21. The molecule has 2 N–H and O–H groups in total. The van der Waals surface area contributed by atoms with Gasteiger partial charge in [0.25, 0.3) is 0 Å². The number of nitrogens with two attached hydrogens (primary N) is 1. The van der Waals surface area contributed by atoms with Crippen molar-refractivity contribution in [1.29, 1.82) is 0 Å². The van der Waals surface area contributed by atoms with Crippen LogP contribution in [0.3, 0.4) is 0 Å². The zero-order valence-corrected chi connectivity index (χ0v) is 11.6. The molecule has 0 saturated heterocycles. The Morgan fingerprint density at radius 2 is 2.17 bits per heavy atom. The molecule has 1 aromatic heterocycles. The first-order chi connectivity index (χ1) is 8.58. The predicted octanol–water partition coefficient (Wildman–Crippen LogP) is 3.53. The molecule has 2 nitrogen and oxygen atoms in total. The lowest BCUT2D eigenvalue weighted by Gasteiger charge is -2.14. The van der Waals surface area contributed by atoms with Gasteiger partial charge in [0.2, 0.25) is 0 Å². The van der Waals surface area contributed by atoms with E-state index in [2.05, 4.69) is 20.9 Å². The van der Waals surface area contributed by atoms with Crippen LogP contribution in [0.2, 0.25) is 0 Å². The Kier molecular flexibility index (Phi) is 4.09. The van der Waals surface area contributed by atoms with Gasteiger partial charge in [-0.1, -0.05) is 12.1 Å². The van der Waals surface area contributed by atoms with Crippen molar-refractivity contribution in [2.24, 2.45) is 5.73 Å². The van der Waals surface area contributed by atoms with Gasteiger partial charge in [-0.2, -0.15) is 0 Å². The van der Waals surface area contributed by atoms with Gasteiger partial charge in [-0.3, -0.25) is 4.98 Å². The summed E-state index contributed by atoms with van der Waals surface area (Å²) >= 11 is 3.25. The number of halogens is 2. The van der Waals surface area contributed by atoms with Crippen molar-refractivity contribution in [2.45, 2.75) is 19.4 Å². The third-order valence-electron chi connectivity index (χ3n) is 2.82. The maximum absolute atomic E-state index is 13.4. The second-order valence-corrected chi connectivity index (χ2v) is 5.05. The monoisotopic (exact) mass is 308 g/mol. The molecule has 0 spiro atoms. The minimum atomic E-state index is -0.259. The summed E-state index contributed by atoms with van der Waals surface area (Å²) < 4.78 is 13.9. The molecular formula is C14H14BrFN2. The molecule has 0 radical (unpaired) electrons. The summed E-state index contributed by atoms with van der Waals surface area (Å²) in [5, 5.41) is 0. The number of hydrogen-bond acceptors (Lipinski definition) is 2. The number of aryl methyl sites for hydroxylation is 1. The second kappa shape index (κ2) is 5.59. The van der Waals surface area contributed by atoms with Gasteiger partial charge in [0, 0.05) is 17.9 Å². The molecule has 0 aliphatic heterocycles. The first kappa shape index (κ1) is 13.2. The normalized spacial score (nSPS) is 12.4. The molecule has 1 atom stereocenters. The largest absolute Gasteiger partial charge is 0.324 e. The number of nitrogens with zero attached hydrogens (tertiary/aromatic N) is 1. The molecule has 0 saturated carbocycles. The molecule has 2 rings (SSSR count). The van der Waals surface area contributed by atoms with Gasteiger partial charge in [-0.25, -0.2) is 4.39 Å². The smallest absolute Gasteiger partial charge is 0.137 e. The molecular weight excluding hydrogens is 295 g/mol. The van der Waals surface area contributed by atoms with E-state index in [4.69, 9.17) is 5.73 Å². The van der Waals surface area contributed by atoms with Gasteiger partial charge in [0.1, 0.15) is 5.82 Å². The summed E-state index contributed by atoms with van der Waals surface area (Å²) in [4.78, 5) is 4.14. The van der Waals surface area contributed by atoms with Crippen LogP contribution in [-0.2, 0) is 6.42 Å². The minimum Gasteiger partial charge on any atom is -0.324 e. The molecule has 0 amide bonds. The van der Waals surface area contributed by atoms with E-state index < -0.39 is 0 Å². The Labute approximate surface area is 114 Å². The Morgan fingerprint density at radius 1 is 1.39 bits per heavy atom. The van der Waals surface area contributed by atoms with E-state index in [1.54, 1.807) is 12.3 Å². The SMILES string of the molecule is Cc1cc(C(N)Cc2cccc(F)c2Br)ccn1. The van der Waals surface area contributed by atoms with Crippen molar-refractivity contribution in [2.75, 3.05) is 0 Å². The van der Waals surface area contributed by atoms with Crippen LogP contribution in [-0.4, -0.2) is 4.98 Å². The lowest BCUT2D eigenvalue weighted by atomic mass is 10.00. The van der Waals surface area contributed by atoms with E-state index in [-0.39, 0.29) is 11.9 Å². The Hall–Kier alpha value is -1.26. The lowest BCUT2D eigenvalue weighted by Crippen LogP contribution is -2.14. The lowest BCUT2D eigenvalue weighted by molar-refractivity contribution is 0.614. The molecule has 0 bridgehead atoms. The highest BCUT2D eigenvalue weighted by molar-refractivity contribution is 9.10. The summed E-state index contributed by atoms with van der Waals surface area (Å²) in [6, 6.07) is 8.68. The fourth-order valence-electron chi connectivity index (χ4n) is 1.86. The van der Waals surface area contributed by atoms with E-state index in [9.17, 15) is 4.39 Å². The highest BCUT2D eigenvalue weighted by Gasteiger charge is 2.11. The fourth-order valence-corrected chi connectivity index (χ4v) is 2.29. The summed E-state index contributed by atoms with van der Waals surface area (Å²) in [5.74, 6) is -0.259. The van der Waals surface area contributed by atoms with Crippen LogP contribution in [0.5, 0.6) is 0 Å². The molecule has 1 heterocycles. The zero-order valence-electron chi connectivity index (χ0n) is 10.0. The first-order valence-corrected chi connectivity index (χ1v) is 6.48. The van der Waals surface area contributed by atoms with Gasteiger partial charge in [-0.05, 0) is 58.6 Å². The zero-order chi connectivity index (χ0) is 13.1. The highest BCUT2D eigenvalue weighted by Crippen LogP contribution is 2.25. The fraction of sp³-hybridized carbons (Fsp3) is 0.214. The van der Waals surface area contributed by atoms with Gasteiger partial charge >= 0.3 is 0 Å². The van der Waals surface area contributed by atoms with E-state index >= 15 is 0 Å². The molecule has 0 aliphatic rings. The molecule has 0 aliphatic carbocycles. The van der Waals surface area contributed by atoms with Crippen molar-refractivity contribution in [3.63, 3.8) is 0 Å². The minimum absolute atomic E-state index is 0.162. The van der Waals surface area contributed by atoms with E-state index in [0.29, 0.717) is 10.9 Å². The number of rotatable bonds is 3.